The smallest absolute Gasteiger partial charge is 0.263 e. The zero-order valence-corrected chi connectivity index (χ0v) is 13.5. The topological polar surface area (TPSA) is 46.3 Å². The maximum Gasteiger partial charge on any atom is 0.263 e. The van der Waals surface area contributed by atoms with Gasteiger partial charge in [-0.2, -0.15) is 0 Å². The molecule has 4 heteroatoms. The van der Waals surface area contributed by atoms with Gasteiger partial charge in [0.25, 0.3) is 5.91 Å². The largest absolute Gasteiger partial charge is 0.341 e. The standard InChI is InChI=1S/C15H26N2OS/c1-6-13-11(4)9-14(19-13)15(18)17(5)8-7-12(16)10(2)3/h9-10,12H,6-8,16H2,1-5H3. The summed E-state index contributed by atoms with van der Waals surface area (Å²) >= 11 is 1.61. The third-order valence-electron chi connectivity index (χ3n) is 3.55. The van der Waals surface area contributed by atoms with Gasteiger partial charge in [0.05, 0.1) is 4.88 Å². The summed E-state index contributed by atoms with van der Waals surface area (Å²) in [6, 6.07) is 2.16. The van der Waals surface area contributed by atoms with Crippen molar-refractivity contribution in [2.24, 2.45) is 11.7 Å². The fourth-order valence-electron chi connectivity index (χ4n) is 1.94. The molecule has 0 radical (unpaired) electrons. The first-order chi connectivity index (χ1) is 8.86. The Kier molecular flexibility index (Phi) is 6.01. The summed E-state index contributed by atoms with van der Waals surface area (Å²) in [6.45, 7) is 9.14. The first kappa shape index (κ1) is 16.2. The Bertz CT molecular complexity index is 426. The highest BCUT2D eigenvalue weighted by Crippen LogP contribution is 2.23. The highest BCUT2D eigenvalue weighted by atomic mass is 32.1. The number of nitrogens with two attached hydrogens (primary N) is 1. The van der Waals surface area contributed by atoms with Crippen molar-refractivity contribution in [3.8, 4) is 0 Å². The number of carbonyl (C=O) groups is 1. The Morgan fingerprint density at radius 1 is 1.47 bits per heavy atom. The molecule has 0 saturated carbocycles. The summed E-state index contributed by atoms with van der Waals surface area (Å²) < 4.78 is 0. The van der Waals surface area contributed by atoms with Gasteiger partial charge >= 0.3 is 0 Å². The molecule has 0 spiro atoms. The van der Waals surface area contributed by atoms with E-state index in [0.717, 1.165) is 24.3 Å². The Morgan fingerprint density at radius 3 is 2.58 bits per heavy atom. The van der Waals surface area contributed by atoms with E-state index in [-0.39, 0.29) is 11.9 Å². The van der Waals surface area contributed by atoms with Crippen LogP contribution in [-0.2, 0) is 6.42 Å². The Balaban J connectivity index is 2.61. The fraction of sp³-hybridized carbons (Fsp3) is 0.667. The van der Waals surface area contributed by atoms with Gasteiger partial charge in [-0.15, -0.1) is 11.3 Å². The molecule has 108 valence electrons. The lowest BCUT2D eigenvalue weighted by Gasteiger charge is -2.21. The molecule has 2 N–H and O–H groups in total. The highest BCUT2D eigenvalue weighted by molar-refractivity contribution is 7.14. The number of aryl methyl sites for hydroxylation is 2. The van der Waals surface area contributed by atoms with Crippen LogP contribution in [0.15, 0.2) is 6.07 Å². The van der Waals surface area contributed by atoms with Gasteiger partial charge in [0, 0.05) is 24.5 Å². The number of amides is 1. The summed E-state index contributed by atoms with van der Waals surface area (Å²) in [4.78, 5) is 16.2. The van der Waals surface area contributed by atoms with Gasteiger partial charge in [0.15, 0.2) is 0 Å². The quantitative estimate of drug-likeness (QED) is 0.871. The lowest BCUT2D eigenvalue weighted by molar-refractivity contribution is 0.0794. The van der Waals surface area contributed by atoms with Crippen molar-refractivity contribution in [2.45, 2.75) is 46.6 Å². The molecule has 0 saturated heterocycles. The van der Waals surface area contributed by atoms with Crippen LogP contribution in [0.25, 0.3) is 0 Å². The number of thiophene rings is 1. The minimum Gasteiger partial charge on any atom is -0.341 e. The van der Waals surface area contributed by atoms with E-state index in [1.54, 1.807) is 16.2 Å². The van der Waals surface area contributed by atoms with E-state index < -0.39 is 0 Å². The lowest BCUT2D eigenvalue weighted by atomic mass is 10.0. The van der Waals surface area contributed by atoms with Gasteiger partial charge in [0.1, 0.15) is 0 Å². The summed E-state index contributed by atoms with van der Waals surface area (Å²) in [5.41, 5.74) is 7.24. The first-order valence-electron chi connectivity index (χ1n) is 6.97. The maximum absolute atomic E-state index is 12.3. The average Bonchev–Trinajstić information content (AvgIpc) is 2.75. The van der Waals surface area contributed by atoms with Gasteiger partial charge in [-0.25, -0.2) is 0 Å². The Morgan fingerprint density at radius 2 is 2.11 bits per heavy atom. The minimum absolute atomic E-state index is 0.115. The second-order valence-electron chi connectivity index (χ2n) is 5.49. The summed E-state index contributed by atoms with van der Waals surface area (Å²) in [6.07, 6.45) is 1.84. The van der Waals surface area contributed by atoms with Crippen molar-refractivity contribution in [3.05, 3.63) is 21.4 Å². The predicted molar refractivity (Wildman–Crippen MR) is 82.8 cm³/mol. The van der Waals surface area contributed by atoms with Crippen LogP contribution < -0.4 is 5.73 Å². The van der Waals surface area contributed by atoms with E-state index >= 15 is 0 Å². The summed E-state index contributed by atoms with van der Waals surface area (Å²) in [7, 11) is 1.86. The number of hydrogen-bond donors (Lipinski definition) is 1. The highest BCUT2D eigenvalue weighted by Gasteiger charge is 2.17. The van der Waals surface area contributed by atoms with Crippen molar-refractivity contribution in [3.63, 3.8) is 0 Å². The molecule has 1 heterocycles. The van der Waals surface area contributed by atoms with E-state index in [2.05, 4.69) is 27.7 Å². The zero-order chi connectivity index (χ0) is 14.6. The van der Waals surface area contributed by atoms with Gasteiger partial charge < -0.3 is 10.6 Å². The molecule has 0 bridgehead atoms. The second kappa shape index (κ2) is 7.06. The van der Waals surface area contributed by atoms with Crippen molar-refractivity contribution >= 4 is 17.2 Å². The number of nitrogens with zero attached hydrogens (tertiary/aromatic N) is 1. The van der Waals surface area contributed by atoms with Crippen molar-refractivity contribution in [1.82, 2.24) is 4.90 Å². The molecule has 1 unspecified atom stereocenters. The molecule has 0 aliphatic heterocycles. The van der Waals surface area contributed by atoms with E-state index in [4.69, 9.17) is 5.73 Å². The van der Waals surface area contributed by atoms with Gasteiger partial charge in [-0.3, -0.25) is 4.79 Å². The SMILES string of the molecule is CCc1sc(C(=O)N(C)CCC(N)C(C)C)cc1C. The van der Waals surface area contributed by atoms with Crippen LogP contribution in [0.2, 0.25) is 0 Å². The second-order valence-corrected chi connectivity index (χ2v) is 6.63. The molecule has 1 rings (SSSR count). The normalized spacial score (nSPS) is 12.8. The molecule has 19 heavy (non-hydrogen) atoms. The molecule has 0 fully saturated rings. The van der Waals surface area contributed by atoms with Crippen LogP contribution in [0, 0.1) is 12.8 Å². The molecule has 1 amide bonds. The monoisotopic (exact) mass is 282 g/mol. The number of hydrogen-bond acceptors (Lipinski definition) is 3. The average molecular weight is 282 g/mol. The van der Waals surface area contributed by atoms with Crippen LogP contribution in [-0.4, -0.2) is 30.4 Å². The van der Waals surface area contributed by atoms with Crippen LogP contribution in [0.3, 0.4) is 0 Å². The third kappa shape index (κ3) is 4.32. The Hall–Kier alpha value is -0.870. The Labute approximate surface area is 120 Å². The number of carbonyl (C=O) groups excluding carboxylic acids is 1. The van der Waals surface area contributed by atoms with Crippen molar-refractivity contribution in [1.29, 1.82) is 0 Å². The lowest BCUT2D eigenvalue weighted by Crippen LogP contribution is -2.34. The van der Waals surface area contributed by atoms with Crippen LogP contribution in [0.4, 0.5) is 0 Å². The molecule has 0 aromatic carbocycles. The molecule has 1 atom stereocenters. The third-order valence-corrected chi connectivity index (χ3v) is 4.92. The van der Waals surface area contributed by atoms with E-state index in [1.165, 1.54) is 10.4 Å². The van der Waals surface area contributed by atoms with Gasteiger partial charge in [0.2, 0.25) is 0 Å². The molecule has 0 aliphatic rings. The van der Waals surface area contributed by atoms with E-state index in [9.17, 15) is 4.79 Å². The number of rotatable bonds is 6. The minimum atomic E-state index is 0.115. The van der Waals surface area contributed by atoms with Crippen LogP contribution in [0.5, 0.6) is 0 Å². The maximum atomic E-state index is 12.3. The van der Waals surface area contributed by atoms with Crippen molar-refractivity contribution < 1.29 is 4.79 Å². The van der Waals surface area contributed by atoms with Gasteiger partial charge in [-0.1, -0.05) is 20.8 Å². The van der Waals surface area contributed by atoms with E-state index in [0.29, 0.717) is 5.92 Å². The molecule has 3 nitrogen and oxygen atoms in total. The van der Waals surface area contributed by atoms with Crippen molar-refractivity contribution in [2.75, 3.05) is 13.6 Å². The summed E-state index contributed by atoms with van der Waals surface area (Å²) in [5.74, 6) is 0.572. The molecule has 1 aromatic rings. The van der Waals surface area contributed by atoms with E-state index in [1.807, 2.05) is 13.1 Å². The molecular weight excluding hydrogens is 256 g/mol. The fourth-order valence-corrected chi connectivity index (χ4v) is 3.05. The van der Waals surface area contributed by atoms with Crippen LogP contribution >= 0.6 is 11.3 Å². The molecular formula is C15H26N2OS. The first-order valence-corrected chi connectivity index (χ1v) is 7.78. The predicted octanol–water partition coefficient (Wildman–Crippen LogP) is 3.06. The summed E-state index contributed by atoms with van der Waals surface area (Å²) in [5, 5.41) is 0. The van der Waals surface area contributed by atoms with Gasteiger partial charge in [-0.05, 0) is 37.3 Å². The van der Waals surface area contributed by atoms with Crippen LogP contribution in [0.1, 0.15) is 47.3 Å². The molecule has 0 aliphatic carbocycles. The molecule has 1 aromatic heterocycles. The zero-order valence-electron chi connectivity index (χ0n) is 12.7.